The Labute approximate surface area is 144 Å². The lowest BCUT2D eigenvalue weighted by atomic mass is 10.1. The fraction of sp³-hybridized carbons (Fsp3) is 0.278. The number of anilines is 1. The predicted octanol–water partition coefficient (Wildman–Crippen LogP) is 2.87. The maximum atomic E-state index is 12.6. The van der Waals surface area contributed by atoms with Crippen LogP contribution in [0.3, 0.4) is 0 Å². The number of benzene rings is 1. The molecule has 2 aromatic heterocycles. The van der Waals surface area contributed by atoms with Crippen LogP contribution in [-0.2, 0) is 7.05 Å². The number of hydrogen-bond donors (Lipinski definition) is 1. The summed E-state index contributed by atoms with van der Waals surface area (Å²) in [6.07, 6.45) is -0.0104. The van der Waals surface area contributed by atoms with E-state index in [0.29, 0.717) is 22.5 Å². The highest BCUT2D eigenvalue weighted by Gasteiger charge is 2.16. The zero-order valence-electron chi connectivity index (χ0n) is 14.5. The molecule has 0 aliphatic carbocycles. The summed E-state index contributed by atoms with van der Waals surface area (Å²) in [4.78, 5) is 24.5. The Bertz CT molecular complexity index is 1000. The minimum absolute atomic E-state index is 0.0104. The SMILES string of the molecule is Cc1cc(NC(=O)c2cc(=O)oc3cc(OC(C)C)ccc23)n(C)n1. The highest BCUT2D eigenvalue weighted by atomic mass is 16.5. The van der Waals surface area contributed by atoms with Gasteiger partial charge in [0.1, 0.15) is 17.2 Å². The smallest absolute Gasteiger partial charge is 0.337 e. The van der Waals surface area contributed by atoms with E-state index < -0.39 is 11.5 Å². The van der Waals surface area contributed by atoms with Gasteiger partial charge in [-0.25, -0.2) is 4.79 Å². The molecule has 3 aromatic rings. The molecule has 7 nitrogen and oxygen atoms in total. The number of fused-ring (bicyclic) bond motifs is 1. The second-order valence-corrected chi connectivity index (χ2v) is 6.05. The molecule has 0 aliphatic rings. The van der Waals surface area contributed by atoms with Crippen molar-refractivity contribution >= 4 is 22.7 Å². The number of nitrogens with one attached hydrogen (secondary N) is 1. The summed E-state index contributed by atoms with van der Waals surface area (Å²) in [5, 5.41) is 7.48. The van der Waals surface area contributed by atoms with Gasteiger partial charge in [-0.1, -0.05) is 0 Å². The lowest BCUT2D eigenvalue weighted by Crippen LogP contribution is -2.17. The highest BCUT2D eigenvalue weighted by molar-refractivity contribution is 6.11. The summed E-state index contributed by atoms with van der Waals surface area (Å²) in [5.74, 6) is 0.715. The van der Waals surface area contributed by atoms with Gasteiger partial charge in [-0.2, -0.15) is 5.10 Å². The van der Waals surface area contributed by atoms with E-state index in [9.17, 15) is 9.59 Å². The van der Waals surface area contributed by atoms with Crippen molar-refractivity contribution in [2.24, 2.45) is 7.05 Å². The Balaban J connectivity index is 2.01. The Hall–Kier alpha value is -3.09. The van der Waals surface area contributed by atoms with Crippen LogP contribution in [0, 0.1) is 6.92 Å². The Morgan fingerprint density at radius 1 is 1.28 bits per heavy atom. The van der Waals surface area contributed by atoms with Crippen molar-refractivity contribution in [1.29, 1.82) is 0 Å². The molecule has 0 bridgehead atoms. The molecule has 0 saturated heterocycles. The molecule has 1 aromatic carbocycles. The van der Waals surface area contributed by atoms with E-state index in [0.717, 1.165) is 5.69 Å². The van der Waals surface area contributed by atoms with E-state index in [4.69, 9.17) is 9.15 Å². The largest absolute Gasteiger partial charge is 0.491 e. The van der Waals surface area contributed by atoms with Gasteiger partial charge in [-0.3, -0.25) is 9.48 Å². The van der Waals surface area contributed by atoms with Crippen molar-refractivity contribution in [1.82, 2.24) is 9.78 Å². The summed E-state index contributed by atoms with van der Waals surface area (Å²) in [7, 11) is 1.73. The van der Waals surface area contributed by atoms with Gasteiger partial charge in [0.15, 0.2) is 0 Å². The van der Waals surface area contributed by atoms with Gasteiger partial charge < -0.3 is 14.5 Å². The topological polar surface area (TPSA) is 86.4 Å². The second-order valence-electron chi connectivity index (χ2n) is 6.05. The number of amides is 1. The van der Waals surface area contributed by atoms with E-state index in [2.05, 4.69) is 10.4 Å². The molecule has 1 N–H and O–H groups in total. The maximum Gasteiger partial charge on any atom is 0.337 e. The normalized spacial score (nSPS) is 11.1. The first-order valence-electron chi connectivity index (χ1n) is 7.90. The highest BCUT2D eigenvalue weighted by Crippen LogP contribution is 2.24. The van der Waals surface area contributed by atoms with E-state index >= 15 is 0 Å². The molecule has 0 fully saturated rings. The molecule has 0 spiro atoms. The Morgan fingerprint density at radius 2 is 2.04 bits per heavy atom. The van der Waals surface area contributed by atoms with Crippen molar-refractivity contribution in [2.75, 3.05) is 5.32 Å². The van der Waals surface area contributed by atoms with Gasteiger partial charge in [0.2, 0.25) is 0 Å². The van der Waals surface area contributed by atoms with E-state index in [1.165, 1.54) is 6.07 Å². The maximum absolute atomic E-state index is 12.6. The van der Waals surface area contributed by atoms with Crippen LogP contribution in [0.1, 0.15) is 29.9 Å². The fourth-order valence-electron chi connectivity index (χ4n) is 2.59. The van der Waals surface area contributed by atoms with Crippen molar-refractivity contribution in [3.63, 3.8) is 0 Å². The standard InChI is InChI=1S/C18H19N3O4/c1-10(2)24-12-5-6-13-14(9-17(22)25-15(13)8-12)18(23)19-16-7-11(3)20-21(16)4/h5-10H,1-4H3,(H,19,23). The van der Waals surface area contributed by atoms with Crippen molar-refractivity contribution in [2.45, 2.75) is 26.9 Å². The van der Waals surface area contributed by atoms with Crippen molar-refractivity contribution in [3.05, 3.63) is 52.0 Å². The first-order valence-corrected chi connectivity index (χ1v) is 7.90. The Kier molecular flexibility index (Phi) is 4.31. The van der Waals surface area contributed by atoms with Crippen LogP contribution in [0.5, 0.6) is 5.75 Å². The number of hydrogen-bond acceptors (Lipinski definition) is 5. The van der Waals surface area contributed by atoms with Crippen LogP contribution in [-0.4, -0.2) is 21.8 Å². The summed E-state index contributed by atoms with van der Waals surface area (Å²) in [6.45, 7) is 5.64. The molecule has 25 heavy (non-hydrogen) atoms. The van der Waals surface area contributed by atoms with E-state index in [-0.39, 0.29) is 11.7 Å². The van der Waals surface area contributed by atoms with Crippen LogP contribution in [0.25, 0.3) is 11.0 Å². The van der Waals surface area contributed by atoms with Crippen molar-refractivity contribution in [3.8, 4) is 5.75 Å². The molecular formula is C18H19N3O4. The number of rotatable bonds is 4. The van der Waals surface area contributed by atoms with Crippen LogP contribution in [0.2, 0.25) is 0 Å². The van der Waals surface area contributed by atoms with Crippen LogP contribution in [0.4, 0.5) is 5.82 Å². The molecule has 0 unspecified atom stereocenters. The third-order valence-corrected chi connectivity index (χ3v) is 3.58. The molecule has 130 valence electrons. The molecule has 0 radical (unpaired) electrons. The molecule has 7 heteroatoms. The quantitative estimate of drug-likeness (QED) is 0.737. The molecule has 3 rings (SSSR count). The third-order valence-electron chi connectivity index (χ3n) is 3.58. The molecule has 0 saturated carbocycles. The monoisotopic (exact) mass is 341 g/mol. The first-order chi connectivity index (χ1) is 11.8. The Morgan fingerprint density at radius 3 is 2.68 bits per heavy atom. The molecule has 2 heterocycles. The van der Waals surface area contributed by atoms with Gasteiger partial charge >= 0.3 is 5.63 Å². The second kappa shape index (κ2) is 6.43. The van der Waals surface area contributed by atoms with Crippen LogP contribution in [0.15, 0.2) is 39.5 Å². The van der Waals surface area contributed by atoms with Gasteiger partial charge in [0.25, 0.3) is 5.91 Å². The predicted molar refractivity (Wildman–Crippen MR) is 94.1 cm³/mol. The number of nitrogens with zero attached hydrogens (tertiary/aromatic N) is 2. The number of carbonyl (C=O) groups is 1. The summed E-state index contributed by atoms with van der Waals surface area (Å²) >= 11 is 0. The summed E-state index contributed by atoms with van der Waals surface area (Å²) < 4.78 is 12.4. The zero-order chi connectivity index (χ0) is 18.1. The average molecular weight is 341 g/mol. The zero-order valence-corrected chi connectivity index (χ0v) is 14.5. The minimum Gasteiger partial charge on any atom is -0.491 e. The lowest BCUT2D eigenvalue weighted by Gasteiger charge is -2.11. The van der Waals surface area contributed by atoms with E-state index in [1.54, 1.807) is 36.0 Å². The van der Waals surface area contributed by atoms with Gasteiger partial charge in [-0.05, 0) is 32.9 Å². The minimum atomic E-state index is -0.597. The lowest BCUT2D eigenvalue weighted by molar-refractivity contribution is 0.102. The van der Waals surface area contributed by atoms with Crippen LogP contribution >= 0.6 is 0 Å². The van der Waals surface area contributed by atoms with Crippen LogP contribution < -0.4 is 15.7 Å². The van der Waals surface area contributed by atoms with Gasteiger partial charge in [0.05, 0.1) is 17.4 Å². The fourth-order valence-corrected chi connectivity index (χ4v) is 2.59. The van der Waals surface area contributed by atoms with Gasteiger partial charge in [0, 0.05) is 30.6 Å². The molecular weight excluding hydrogens is 322 g/mol. The van der Waals surface area contributed by atoms with Gasteiger partial charge in [-0.15, -0.1) is 0 Å². The number of ether oxygens (including phenoxy) is 1. The first kappa shape index (κ1) is 16.8. The number of carbonyl (C=O) groups excluding carboxylic acids is 1. The molecule has 0 aliphatic heterocycles. The molecule has 0 atom stereocenters. The summed E-state index contributed by atoms with van der Waals surface area (Å²) in [6, 6.07) is 8.00. The number of aryl methyl sites for hydroxylation is 2. The van der Waals surface area contributed by atoms with Crippen molar-refractivity contribution < 1.29 is 13.9 Å². The van der Waals surface area contributed by atoms with E-state index in [1.807, 2.05) is 20.8 Å². The average Bonchev–Trinajstić information content (AvgIpc) is 2.83. The molecule has 1 amide bonds. The number of aromatic nitrogens is 2. The summed E-state index contributed by atoms with van der Waals surface area (Å²) in [5.41, 5.74) is 0.726. The third kappa shape index (κ3) is 3.55.